The molecule has 5 N–H and O–H groups in total. The second kappa shape index (κ2) is 21.5. The minimum absolute atomic E-state index is 0.0156. The Morgan fingerprint density at radius 1 is 0.369 bits per heavy atom. The quantitative estimate of drug-likeness (QED) is 0.0541. The molecule has 0 spiro atoms. The summed E-state index contributed by atoms with van der Waals surface area (Å²) in [7, 11) is 6.35. The number of benzene rings is 5. The van der Waals surface area contributed by atoms with Gasteiger partial charge in [-0.1, -0.05) is 0 Å². The van der Waals surface area contributed by atoms with Gasteiger partial charge in [-0.15, -0.1) is 0 Å². The van der Waals surface area contributed by atoms with Crippen LogP contribution in [0, 0.1) is 0 Å². The lowest BCUT2D eigenvalue weighted by Crippen LogP contribution is -2.50. The number of carbonyl (C=O) groups excluding carboxylic acids is 5. The SMILES string of the molecule is COc1ccc(C(=O)OC[C@H](OC(=O)c2ccc(OC)c(O)c2)C(OC(=O)c2ccc(OC)c(O)c2)[C@@H](COC(=O)c2ccc(OC)c(O)c2)OC(=O)c2ccc(OC)c(O)c2)cc1O. The average molecular weight is 903 g/mol. The number of aromatic hydroxyl groups is 5. The predicted molar refractivity (Wildman–Crippen MR) is 221 cm³/mol. The van der Waals surface area contributed by atoms with Crippen molar-refractivity contribution in [2.75, 3.05) is 48.8 Å². The minimum Gasteiger partial charge on any atom is -0.504 e. The van der Waals surface area contributed by atoms with Crippen LogP contribution in [-0.4, -0.2) is 122 Å². The Morgan fingerprint density at radius 3 is 0.831 bits per heavy atom. The summed E-state index contributed by atoms with van der Waals surface area (Å²) >= 11 is 0. The minimum atomic E-state index is -2.12. The molecule has 1 unspecified atom stereocenters. The van der Waals surface area contributed by atoms with Crippen LogP contribution in [0.25, 0.3) is 0 Å². The van der Waals surface area contributed by atoms with Gasteiger partial charge in [0.1, 0.15) is 13.2 Å². The van der Waals surface area contributed by atoms with E-state index in [0.717, 1.165) is 30.3 Å². The third kappa shape index (κ3) is 11.7. The van der Waals surface area contributed by atoms with Gasteiger partial charge in [-0.3, -0.25) is 0 Å². The van der Waals surface area contributed by atoms with Gasteiger partial charge in [-0.2, -0.15) is 0 Å². The summed E-state index contributed by atoms with van der Waals surface area (Å²) in [6.45, 7) is -2.02. The molecule has 0 aliphatic rings. The highest BCUT2D eigenvalue weighted by molar-refractivity contribution is 5.93. The van der Waals surface area contributed by atoms with E-state index in [0.29, 0.717) is 0 Å². The first-order valence-corrected chi connectivity index (χ1v) is 18.9. The smallest absolute Gasteiger partial charge is 0.338 e. The van der Waals surface area contributed by atoms with Gasteiger partial charge in [0, 0.05) is 0 Å². The maximum atomic E-state index is 14.0. The first-order valence-electron chi connectivity index (χ1n) is 18.9. The van der Waals surface area contributed by atoms with Gasteiger partial charge in [-0.05, 0) is 91.0 Å². The van der Waals surface area contributed by atoms with Gasteiger partial charge in [-0.25, -0.2) is 24.0 Å². The Morgan fingerprint density at radius 2 is 0.600 bits per heavy atom. The predicted octanol–water partition coefficient (Wildman–Crippen LogP) is 4.95. The second-order valence-electron chi connectivity index (χ2n) is 13.4. The molecule has 20 nitrogen and oxygen atoms in total. The van der Waals surface area contributed by atoms with E-state index in [1.807, 2.05) is 0 Å². The topological polar surface area (TPSA) is 279 Å². The first kappa shape index (κ1) is 47.5. The van der Waals surface area contributed by atoms with E-state index in [1.54, 1.807) is 0 Å². The second-order valence-corrected chi connectivity index (χ2v) is 13.4. The molecule has 0 fully saturated rings. The monoisotopic (exact) mass is 902 g/mol. The Labute approximate surface area is 369 Å². The number of phenolic OH excluding ortho intramolecular Hbond substituents is 5. The number of hydrogen-bond donors (Lipinski definition) is 5. The zero-order valence-corrected chi connectivity index (χ0v) is 35.2. The van der Waals surface area contributed by atoms with E-state index >= 15 is 0 Å². The molecular weight excluding hydrogens is 860 g/mol. The molecule has 3 atom stereocenters. The number of esters is 5. The highest BCUT2D eigenvalue weighted by Gasteiger charge is 2.41. The maximum Gasteiger partial charge on any atom is 0.338 e. The van der Waals surface area contributed by atoms with Crippen molar-refractivity contribution in [1.82, 2.24) is 0 Å². The third-order valence-electron chi connectivity index (χ3n) is 9.32. The van der Waals surface area contributed by atoms with Gasteiger partial charge in [0.05, 0.1) is 63.4 Å². The number of methoxy groups -OCH3 is 5. The summed E-state index contributed by atoms with van der Waals surface area (Å²) in [5, 5.41) is 52.2. The van der Waals surface area contributed by atoms with Crippen molar-refractivity contribution in [2.45, 2.75) is 18.3 Å². The van der Waals surface area contributed by atoms with E-state index in [9.17, 15) is 49.5 Å². The van der Waals surface area contributed by atoms with Gasteiger partial charge in [0.2, 0.25) is 0 Å². The zero-order valence-electron chi connectivity index (χ0n) is 35.2. The largest absolute Gasteiger partial charge is 0.504 e. The van der Waals surface area contributed by atoms with E-state index in [2.05, 4.69) is 0 Å². The summed E-state index contributed by atoms with van der Waals surface area (Å²) in [5.41, 5.74) is -1.40. The maximum absolute atomic E-state index is 14.0. The zero-order chi connectivity index (χ0) is 47.4. The molecule has 0 saturated carbocycles. The number of hydrogen-bond acceptors (Lipinski definition) is 20. The normalized spacial score (nSPS) is 12.0. The van der Waals surface area contributed by atoms with Crippen LogP contribution in [-0.2, 0) is 23.7 Å². The van der Waals surface area contributed by atoms with Crippen LogP contribution in [0.3, 0.4) is 0 Å². The van der Waals surface area contributed by atoms with Crippen molar-refractivity contribution in [2.24, 2.45) is 0 Å². The van der Waals surface area contributed by atoms with Crippen molar-refractivity contribution in [1.29, 1.82) is 0 Å². The van der Waals surface area contributed by atoms with Crippen LogP contribution in [0.15, 0.2) is 91.0 Å². The Hall–Kier alpha value is -8.55. The Kier molecular flexibility index (Phi) is 15.7. The first-order chi connectivity index (χ1) is 31.1. The highest BCUT2D eigenvalue weighted by atomic mass is 16.6. The van der Waals surface area contributed by atoms with Crippen molar-refractivity contribution in [3.8, 4) is 57.5 Å². The summed E-state index contributed by atoms with van der Waals surface area (Å²) in [6, 6.07) is 17.2. The summed E-state index contributed by atoms with van der Waals surface area (Å²) in [5.74, 6) is -8.38. The molecule has 342 valence electrons. The van der Waals surface area contributed by atoms with Gasteiger partial charge in [0.15, 0.2) is 75.8 Å². The van der Waals surface area contributed by atoms with Crippen molar-refractivity contribution >= 4 is 29.8 Å². The van der Waals surface area contributed by atoms with Crippen LogP contribution in [0.1, 0.15) is 51.8 Å². The lowest BCUT2D eigenvalue weighted by molar-refractivity contribution is -0.112. The van der Waals surface area contributed by atoms with E-state index in [4.69, 9.17) is 47.4 Å². The Balaban J connectivity index is 1.63. The molecule has 0 saturated heterocycles. The van der Waals surface area contributed by atoms with Gasteiger partial charge in [0.25, 0.3) is 0 Å². The molecule has 65 heavy (non-hydrogen) atoms. The summed E-state index contributed by atoms with van der Waals surface area (Å²) in [6.07, 6.45) is -6.14. The number of rotatable bonds is 19. The van der Waals surface area contributed by atoms with Crippen LogP contribution in [0.4, 0.5) is 0 Å². The summed E-state index contributed by atoms with van der Waals surface area (Å²) in [4.78, 5) is 68.8. The molecule has 20 heteroatoms. The van der Waals surface area contributed by atoms with Crippen LogP contribution in [0.2, 0.25) is 0 Å². The molecule has 0 radical (unpaired) electrons. The van der Waals surface area contributed by atoms with Gasteiger partial charge >= 0.3 is 29.8 Å². The standard InChI is InChI=1S/C45H42O20/c1-56-33-11-6-23(16-28(33)46)41(51)61-21-38(63-43(53)25-8-13-35(58-3)30(48)18-25)40(65-45(55)27-10-15-37(60-5)32(50)20-27)39(64-44(54)26-9-14-36(59-4)31(49)19-26)22-62-42(52)24-7-12-34(57-2)29(47)17-24/h6-20,38-40,46-50H,21-22H2,1-5H3/t38-,39+,40?. The highest BCUT2D eigenvalue weighted by Crippen LogP contribution is 2.32. The van der Waals surface area contributed by atoms with Crippen LogP contribution < -0.4 is 23.7 Å². The third-order valence-corrected chi connectivity index (χ3v) is 9.32. The molecule has 0 aromatic heterocycles. The average Bonchev–Trinajstić information content (AvgIpc) is 3.30. The van der Waals surface area contributed by atoms with Crippen molar-refractivity contribution in [3.05, 3.63) is 119 Å². The lowest BCUT2D eigenvalue weighted by atomic mass is 10.1. The molecule has 5 aromatic rings. The molecule has 0 bridgehead atoms. The van der Waals surface area contributed by atoms with E-state index in [1.165, 1.54) is 96.2 Å². The number of phenols is 5. The summed E-state index contributed by atoms with van der Waals surface area (Å²) < 4.78 is 53.8. The van der Waals surface area contributed by atoms with E-state index < -0.39 is 90.1 Å². The molecule has 5 aromatic carbocycles. The molecule has 0 aliphatic carbocycles. The van der Waals surface area contributed by atoms with Crippen molar-refractivity contribution < 1.29 is 96.9 Å². The molecule has 5 rings (SSSR count). The van der Waals surface area contributed by atoms with Crippen LogP contribution in [0.5, 0.6) is 57.5 Å². The fourth-order valence-electron chi connectivity index (χ4n) is 5.95. The fraction of sp³-hybridized carbons (Fsp3) is 0.222. The fourth-order valence-corrected chi connectivity index (χ4v) is 5.95. The molecular formula is C45H42O20. The number of carbonyl (C=O) groups is 5. The van der Waals surface area contributed by atoms with E-state index in [-0.39, 0.29) is 56.6 Å². The molecule has 0 amide bonds. The van der Waals surface area contributed by atoms with Gasteiger partial charge < -0.3 is 72.9 Å². The molecule has 0 aliphatic heterocycles. The lowest BCUT2D eigenvalue weighted by Gasteiger charge is -2.32. The molecule has 0 heterocycles. The van der Waals surface area contributed by atoms with Crippen molar-refractivity contribution in [3.63, 3.8) is 0 Å². The Bertz CT molecular complexity index is 2410. The van der Waals surface area contributed by atoms with Crippen LogP contribution >= 0.6 is 0 Å². The number of ether oxygens (including phenoxy) is 10.